The summed E-state index contributed by atoms with van der Waals surface area (Å²) in [6, 6.07) is 6.18. The molecule has 0 spiro atoms. The number of hydrogen-bond donors (Lipinski definition) is 1. The van der Waals surface area contributed by atoms with Gasteiger partial charge in [-0.1, -0.05) is 0 Å². The van der Waals surface area contributed by atoms with Crippen LogP contribution in [-0.2, 0) is 0 Å². The molecule has 1 aliphatic heterocycles. The average Bonchev–Trinajstić information content (AvgIpc) is 2.46. The number of likely N-dealkylation sites (tertiary alicyclic amines) is 1. The zero-order chi connectivity index (χ0) is 13.5. The molecule has 1 heterocycles. The lowest BCUT2D eigenvalue weighted by Crippen LogP contribution is -2.39. The largest absolute Gasteiger partial charge is 0.494 e. The summed E-state index contributed by atoms with van der Waals surface area (Å²) in [5, 5.41) is 0. The van der Waals surface area contributed by atoms with Gasteiger partial charge in [0.1, 0.15) is 11.6 Å². The Hall–Kier alpha value is -1.13. The van der Waals surface area contributed by atoms with Crippen LogP contribution in [-0.4, -0.2) is 37.7 Å². The predicted molar refractivity (Wildman–Crippen MR) is 74.7 cm³/mol. The fourth-order valence-electron chi connectivity index (χ4n) is 2.56. The number of halogens is 1. The second-order valence-corrected chi connectivity index (χ2v) is 5.20. The van der Waals surface area contributed by atoms with E-state index in [4.69, 9.17) is 10.5 Å². The lowest BCUT2D eigenvalue weighted by atomic mass is 9.98. The van der Waals surface area contributed by atoms with E-state index in [-0.39, 0.29) is 5.82 Å². The first-order chi connectivity index (χ1) is 9.28. The van der Waals surface area contributed by atoms with Crippen molar-refractivity contribution in [2.24, 2.45) is 11.7 Å². The van der Waals surface area contributed by atoms with Gasteiger partial charge in [0.25, 0.3) is 0 Å². The van der Waals surface area contributed by atoms with Crippen molar-refractivity contribution in [2.45, 2.75) is 19.3 Å². The summed E-state index contributed by atoms with van der Waals surface area (Å²) < 4.78 is 18.3. The van der Waals surface area contributed by atoms with Crippen LogP contribution in [0, 0.1) is 11.7 Å². The fraction of sp³-hybridized carbons (Fsp3) is 0.600. The summed E-state index contributed by atoms with van der Waals surface area (Å²) in [7, 11) is 0. The standard InChI is InChI=1S/C15H23FN2O/c16-14-4-6-15(7-5-14)19-10-2-9-18-8-1-3-13(11-17)12-18/h4-7,13H,1-3,8-12,17H2. The average molecular weight is 266 g/mol. The van der Waals surface area contributed by atoms with E-state index in [2.05, 4.69) is 4.90 Å². The maximum absolute atomic E-state index is 12.7. The van der Waals surface area contributed by atoms with Crippen molar-refractivity contribution >= 4 is 0 Å². The minimum absolute atomic E-state index is 0.228. The molecule has 106 valence electrons. The summed E-state index contributed by atoms with van der Waals surface area (Å²) in [5.41, 5.74) is 5.73. The molecule has 2 rings (SSSR count). The Morgan fingerprint density at radius 1 is 1.32 bits per heavy atom. The summed E-state index contributed by atoms with van der Waals surface area (Å²) >= 11 is 0. The number of benzene rings is 1. The predicted octanol–water partition coefficient (Wildman–Crippen LogP) is 2.27. The molecule has 1 fully saturated rings. The summed E-state index contributed by atoms with van der Waals surface area (Å²) in [5.74, 6) is 1.17. The van der Waals surface area contributed by atoms with Crippen molar-refractivity contribution in [1.29, 1.82) is 0 Å². The Balaban J connectivity index is 1.62. The van der Waals surface area contributed by atoms with Crippen LogP contribution >= 0.6 is 0 Å². The Kier molecular flexibility index (Phi) is 5.61. The van der Waals surface area contributed by atoms with Gasteiger partial charge in [0.15, 0.2) is 0 Å². The van der Waals surface area contributed by atoms with Crippen molar-refractivity contribution in [3.05, 3.63) is 30.1 Å². The third kappa shape index (κ3) is 4.80. The molecule has 19 heavy (non-hydrogen) atoms. The third-order valence-electron chi connectivity index (χ3n) is 3.64. The van der Waals surface area contributed by atoms with Crippen LogP contribution in [0.25, 0.3) is 0 Å². The molecular weight excluding hydrogens is 243 g/mol. The van der Waals surface area contributed by atoms with E-state index >= 15 is 0 Å². The summed E-state index contributed by atoms with van der Waals surface area (Å²) in [6.07, 6.45) is 3.51. The van der Waals surface area contributed by atoms with Gasteiger partial charge >= 0.3 is 0 Å². The van der Waals surface area contributed by atoms with Gasteiger partial charge in [0, 0.05) is 13.1 Å². The second kappa shape index (κ2) is 7.46. The zero-order valence-electron chi connectivity index (χ0n) is 11.4. The number of nitrogens with zero attached hydrogens (tertiary/aromatic N) is 1. The maximum Gasteiger partial charge on any atom is 0.123 e. The number of nitrogens with two attached hydrogens (primary N) is 1. The van der Waals surface area contributed by atoms with Gasteiger partial charge < -0.3 is 15.4 Å². The Labute approximate surface area is 114 Å². The third-order valence-corrected chi connectivity index (χ3v) is 3.64. The van der Waals surface area contributed by atoms with Gasteiger partial charge in [0.05, 0.1) is 6.61 Å². The van der Waals surface area contributed by atoms with Crippen molar-refractivity contribution in [2.75, 3.05) is 32.8 Å². The van der Waals surface area contributed by atoms with Crippen molar-refractivity contribution in [1.82, 2.24) is 4.90 Å². The fourth-order valence-corrected chi connectivity index (χ4v) is 2.56. The monoisotopic (exact) mass is 266 g/mol. The molecule has 3 nitrogen and oxygen atoms in total. The smallest absolute Gasteiger partial charge is 0.123 e. The van der Waals surface area contributed by atoms with E-state index in [9.17, 15) is 4.39 Å². The summed E-state index contributed by atoms with van der Waals surface area (Å²) in [6.45, 7) is 4.82. The highest BCUT2D eigenvalue weighted by molar-refractivity contribution is 5.21. The van der Waals surface area contributed by atoms with Crippen molar-refractivity contribution in [3.8, 4) is 5.75 Å². The molecule has 1 atom stereocenters. The van der Waals surface area contributed by atoms with E-state index < -0.39 is 0 Å². The summed E-state index contributed by atoms with van der Waals surface area (Å²) in [4.78, 5) is 2.47. The van der Waals surface area contributed by atoms with E-state index in [1.807, 2.05) is 0 Å². The minimum Gasteiger partial charge on any atom is -0.494 e. The van der Waals surface area contributed by atoms with Crippen LogP contribution in [0.5, 0.6) is 5.75 Å². The van der Waals surface area contributed by atoms with E-state index in [0.717, 1.165) is 31.8 Å². The molecule has 1 saturated heterocycles. The van der Waals surface area contributed by atoms with Crippen LogP contribution in [0.2, 0.25) is 0 Å². The van der Waals surface area contributed by atoms with E-state index in [1.54, 1.807) is 12.1 Å². The molecule has 1 unspecified atom stereocenters. The van der Waals surface area contributed by atoms with Gasteiger partial charge in [-0.3, -0.25) is 0 Å². The lowest BCUT2D eigenvalue weighted by Gasteiger charge is -2.31. The lowest BCUT2D eigenvalue weighted by molar-refractivity contribution is 0.165. The number of piperidine rings is 1. The normalized spacial score (nSPS) is 20.4. The number of hydrogen-bond acceptors (Lipinski definition) is 3. The van der Waals surface area contributed by atoms with Crippen LogP contribution in [0.4, 0.5) is 4.39 Å². The van der Waals surface area contributed by atoms with Crippen LogP contribution in [0.3, 0.4) is 0 Å². The highest BCUT2D eigenvalue weighted by atomic mass is 19.1. The molecule has 2 N–H and O–H groups in total. The highest BCUT2D eigenvalue weighted by Crippen LogP contribution is 2.15. The minimum atomic E-state index is -0.228. The molecule has 0 bridgehead atoms. The molecule has 1 aromatic rings. The Bertz CT molecular complexity index is 369. The quantitative estimate of drug-likeness (QED) is 0.803. The van der Waals surface area contributed by atoms with Crippen LogP contribution in [0.1, 0.15) is 19.3 Å². The number of ether oxygens (including phenoxy) is 1. The Morgan fingerprint density at radius 2 is 2.11 bits per heavy atom. The molecule has 4 heteroatoms. The first-order valence-electron chi connectivity index (χ1n) is 7.08. The molecule has 0 radical (unpaired) electrons. The first-order valence-corrected chi connectivity index (χ1v) is 7.08. The molecule has 1 aromatic carbocycles. The Morgan fingerprint density at radius 3 is 2.84 bits per heavy atom. The van der Waals surface area contributed by atoms with Gasteiger partial charge in [0.2, 0.25) is 0 Å². The molecule has 1 aliphatic rings. The van der Waals surface area contributed by atoms with Crippen molar-refractivity contribution < 1.29 is 9.13 Å². The van der Waals surface area contributed by atoms with Crippen molar-refractivity contribution in [3.63, 3.8) is 0 Å². The maximum atomic E-state index is 12.7. The SMILES string of the molecule is NCC1CCCN(CCCOc2ccc(F)cc2)C1. The van der Waals surface area contributed by atoms with Crippen LogP contribution < -0.4 is 10.5 Å². The van der Waals surface area contributed by atoms with E-state index in [1.165, 1.54) is 31.5 Å². The van der Waals surface area contributed by atoms with Gasteiger partial charge in [-0.25, -0.2) is 4.39 Å². The second-order valence-electron chi connectivity index (χ2n) is 5.20. The van der Waals surface area contributed by atoms with Gasteiger partial charge in [-0.15, -0.1) is 0 Å². The highest BCUT2D eigenvalue weighted by Gasteiger charge is 2.17. The molecule has 0 amide bonds. The first kappa shape index (κ1) is 14.3. The zero-order valence-corrected chi connectivity index (χ0v) is 11.4. The topological polar surface area (TPSA) is 38.5 Å². The van der Waals surface area contributed by atoms with Gasteiger partial charge in [-0.05, 0) is 62.5 Å². The molecule has 0 aliphatic carbocycles. The molecule has 0 aromatic heterocycles. The molecular formula is C15H23FN2O. The number of rotatable bonds is 6. The van der Waals surface area contributed by atoms with Gasteiger partial charge in [-0.2, -0.15) is 0 Å². The molecule has 0 saturated carbocycles. The van der Waals surface area contributed by atoms with E-state index in [0.29, 0.717) is 12.5 Å². The van der Waals surface area contributed by atoms with Crippen LogP contribution in [0.15, 0.2) is 24.3 Å².